The molecular weight excluding hydrogens is 292 g/mol. The number of fused-ring (bicyclic) bond motifs is 5. The van der Waals surface area contributed by atoms with Crippen molar-refractivity contribution in [3.05, 3.63) is 48.0 Å². The topological polar surface area (TPSA) is 80.5 Å². The maximum atomic E-state index is 12.9. The van der Waals surface area contributed by atoms with Gasteiger partial charge in [-0.05, 0) is 23.8 Å². The third-order valence-corrected chi connectivity index (χ3v) is 5.39. The summed E-state index contributed by atoms with van der Waals surface area (Å²) in [4.78, 5) is 38.6. The Morgan fingerprint density at radius 3 is 2.17 bits per heavy atom. The fourth-order valence-corrected chi connectivity index (χ4v) is 4.46. The van der Waals surface area contributed by atoms with Gasteiger partial charge in [0.1, 0.15) is 0 Å². The van der Waals surface area contributed by atoms with Gasteiger partial charge in [-0.2, -0.15) is 0 Å². The number of amides is 3. The average Bonchev–Trinajstić information content (AvgIpc) is 3.20. The standard InChI is InChI=1S/C18H18N2O3/c19-14(21)9-13(10-4-2-1-3-5-10)20-17(22)15-11-6-7-12(8-11)16(15)18(20)23/h1-7,11-13,15-16H,8-9H2,(H2,19,21)/t11-,12-,13+,15-,16-/m0/s1. The number of benzene rings is 1. The number of nitrogens with two attached hydrogens (primary N) is 1. The van der Waals surface area contributed by atoms with Crippen LogP contribution in [-0.4, -0.2) is 22.6 Å². The van der Waals surface area contributed by atoms with Crippen LogP contribution in [-0.2, 0) is 14.4 Å². The van der Waals surface area contributed by atoms with Crippen LogP contribution in [0.1, 0.15) is 24.4 Å². The van der Waals surface area contributed by atoms with Crippen LogP contribution >= 0.6 is 0 Å². The largest absolute Gasteiger partial charge is 0.370 e. The molecule has 5 heteroatoms. The first-order valence-electron chi connectivity index (χ1n) is 7.96. The van der Waals surface area contributed by atoms with Gasteiger partial charge in [-0.25, -0.2) is 0 Å². The molecule has 1 heterocycles. The number of hydrogen-bond donors (Lipinski definition) is 1. The van der Waals surface area contributed by atoms with Gasteiger partial charge in [-0.3, -0.25) is 19.3 Å². The number of hydrogen-bond acceptors (Lipinski definition) is 3. The predicted octanol–water partition coefficient (Wildman–Crippen LogP) is 1.41. The maximum absolute atomic E-state index is 12.9. The summed E-state index contributed by atoms with van der Waals surface area (Å²) in [6, 6.07) is 8.58. The average molecular weight is 310 g/mol. The summed E-state index contributed by atoms with van der Waals surface area (Å²) in [5, 5.41) is 0. The number of carbonyl (C=O) groups excluding carboxylic acids is 3. The van der Waals surface area contributed by atoms with Crippen molar-refractivity contribution in [3.8, 4) is 0 Å². The lowest BCUT2D eigenvalue weighted by molar-refractivity contribution is -0.144. The van der Waals surface area contributed by atoms with E-state index in [2.05, 4.69) is 12.2 Å². The van der Waals surface area contributed by atoms with Gasteiger partial charge in [-0.1, -0.05) is 42.5 Å². The van der Waals surface area contributed by atoms with Crippen molar-refractivity contribution in [2.45, 2.75) is 18.9 Å². The van der Waals surface area contributed by atoms with Crippen LogP contribution in [0, 0.1) is 23.7 Å². The number of likely N-dealkylation sites (tertiary alicyclic amines) is 1. The van der Waals surface area contributed by atoms with Crippen LogP contribution in [0.4, 0.5) is 0 Å². The van der Waals surface area contributed by atoms with Crippen LogP contribution in [0.2, 0.25) is 0 Å². The number of nitrogens with zero attached hydrogens (tertiary/aromatic N) is 1. The Morgan fingerprint density at radius 2 is 1.65 bits per heavy atom. The summed E-state index contributed by atoms with van der Waals surface area (Å²) in [5.41, 5.74) is 6.14. The van der Waals surface area contributed by atoms with Crippen LogP contribution in [0.5, 0.6) is 0 Å². The quantitative estimate of drug-likeness (QED) is 0.674. The molecule has 3 aliphatic rings. The first-order chi connectivity index (χ1) is 11.1. The molecule has 1 aromatic rings. The Bertz CT molecular complexity index is 682. The Hall–Kier alpha value is -2.43. The van der Waals surface area contributed by atoms with Crippen molar-refractivity contribution < 1.29 is 14.4 Å². The minimum atomic E-state index is -0.598. The molecule has 2 fully saturated rings. The zero-order valence-electron chi connectivity index (χ0n) is 12.6. The number of carbonyl (C=O) groups is 3. The zero-order chi connectivity index (χ0) is 16.1. The highest BCUT2D eigenvalue weighted by Crippen LogP contribution is 2.54. The van der Waals surface area contributed by atoms with Crippen molar-refractivity contribution in [2.75, 3.05) is 0 Å². The molecule has 1 saturated carbocycles. The molecule has 23 heavy (non-hydrogen) atoms. The molecule has 118 valence electrons. The van der Waals surface area contributed by atoms with E-state index in [9.17, 15) is 14.4 Å². The van der Waals surface area contributed by atoms with Crippen LogP contribution in [0.25, 0.3) is 0 Å². The molecule has 1 aromatic carbocycles. The molecule has 4 rings (SSSR count). The number of primary amides is 1. The Kier molecular flexibility index (Phi) is 3.11. The normalized spacial score (nSPS) is 32.4. The summed E-state index contributed by atoms with van der Waals surface area (Å²) < 4.78 is 0. The molecule has 0 radical (unpaired) electrons. The smallest absolute Gasteiger partial charge is 0.234 e. The summed E-state index contributed by atoms with van der Waals surface area (Å²) in [5.74, 6) is -0.988. The van der Waals surface area contributed by atoms with E-state index in [1.165, 1.54) is 4.90 Å². The van der Waals surface area contributed by atoms with Gasteiger partial charge in [0.25, 0.3) is 0 Å². The molecule has 2 aliphatic carbocycles. The second-order valence-corrected chi connectivity index (χ2v) is 6.64. The summed E-state index contributed by atoms with van der Waals surface area (Å²) in [7, 11) is 0. The second kappa shape index (κ2) is 5.05. The Morgan fingerprint density at radius 1 is 1.09 bits per heavy atom. The SMILES string of the molecule is NC(=O)C[C@H](c1ccccc1)N1C(=O)[C@@H]2[C@@H](C1=O)[C@H]1C=C[C@H]2C1. The van der Waals surface area contributed by atoms with Crippen LogP contribution < -0.4 is 5.73 Å². The highest BCUT2D eigenvalue weighted by Gasteiger charge is 2.60. The fraction of sp³-hybridized carbons (Fsp3) is 0.389. The van der Waals surface area contributed by atoms with Crippen molar-refractivity contribution in [3.63, 3.8) is 0 Å². The predicted molar refractivity (Wildman–Crippen MR) is 82.6 cm³/mol. The third-order valence-electron chi connectivity index (χ3n) is 5.39. The van der Waals surface area contributed by atoms with Gasteiger partial charge in [-0.15, -0.1) is 0 Å². The minimum Gasteiger partial charge on any atom is -0.370 e. The Labute approximate surface area is 134 Å². The van der Waals surface area contributed by atoms with Gasteiger partial charge >= 0.3 is 0 Å². The molecule has 3 amide bonds. The van der Waals surface area contributed by atoms with E-state index in [0.29, 0.717) is 0 Å². The van der Waals surface area contributed by atoms with Crippen molar-refractivity contribution >= 4 is 17.7 Å². The Balaban J connectivity index is 1.71. The molecule has 1 saturated heterocycles. The molecular formula is C18H18N2O3. The lowest BCUT2D eigenvalue weighted by atomic mass is 9.85. The first-order valence-corrected chi connectivity index (χ1v) is 7.96. The number of allylic oxidation sites excluding steroid dienone is 2. The third kappa shape index (κ3) is 2.03. The van der Waals surface area contributed by atoms with Crippen LogP contribution in [0.15, 0.2) is 42.5 Å². The second-order valence-electron chi connectivity index (χ2n) is 6.64. The van der Waals surface area contributed by atoms with E-state index in [1.54, 1.807) is 0 Å². The highest BCUT2D eigenvalue weighted by molar-refractivity contribution is 6.07. The molecule has 0 unspecified atom stereocenters. The molecule has 1 aliphatic heterocycles. The highest BCUT2D eigenvalue weighted by atomic mass is 16.2. The molecule has 5 atom stereocenters. The van der Waals surface area contributed by atoms with Crippen LogP contribution in [0.3, 0.4) is 0 Å². The van der Waals surface area contributed by atoms with Gasteiger partial charge < -0.3 is 5.73 Å². The fourth-order valence-electron chi connectivity index (χ4n) is 4.46. The van der Waals surface area contributed by atoms with Crippen molar-refractivity contribution in [2.24, 2.45) is 29.4 Å². The maximum Gasteiger partial charge on any atom is 0.234 e. The lowest BCUT2D eigenvalue weighted by Gasteiger charge is -2.27. The van der Waals surface area contributed by atoms with E-state index in [1.807, 2.05) is 30.3 Å². The van der Waals surface area contributed by atoms with E-state index >= 15 is 0 Å². The summed E-state index contributed by atoms with van der Waals surface area (Å²) >= 11 is 0. The van der Waals surface area contributed by atoms with E-state index in [-0.39, 0.29) is 41.9 Å². The molecule has 0 aromatic heterocycles. The van der Waals surface area contributed by atoms with Crippen molar-refractivity contribution in [1.82, 2.24) is 4.90 Å². The lowest BCUT2D eigenvalue weighted by Crippen LogP contribution is -2.38. The van der Waals surface area contributed by atoms with Gasteiger partial charge in [0.05, 0.1) is 24.3 Å². The number of imide groups is 1. The van der Waals surface area contributed by atoms with E-state index < -0.39 is 11.9 Å². The number of rotatable bonds is 4. The zero-order valence-corrected chi connectivity index (χ0v) is 12.6. The van der Waals surface area contributed by atoms with Gasteiger partial charge in [0, 0.05) is 0 Å². The summed E-state index contributed by atoms with van der Waals surface area (Å²) in [6.07, 6.45) is 4.98. The molecule has 2 bridgehead atoms. The van der Waals surface area contributed by atoms with Crippen molar-refractivity contribution in [1.29, 1.82) is 0 Å². The molecule has 5 nitrogen and oxygen atoms in total. The van der Waals surface area contributed by atoms with Gasteiger partial charge in [0.2, 0.25) is 17.7 Å². The van der Waals surface area contributed by atoms with E-state index in [4.69, 9.17) is 5.73 Å². The monoisotopic (exact) mass is 310 g/mol. The first kappa shape index (κ1) is 14.2. The molecule has 2 N–H and O–H groups in total. The summed E-state index contributed by atoms with van der Waals surface area (Å²) in [6.45, 7) is 0. The molecule has 0 spiro atoms. The van der Waals surface area contributed by atoms with E-state index in [0.717, 1.165) is 12.0 Å². The minimum absolute atomic E-state index is 0.0380. The van der Waals surface area contributed by atoms with Gasteiger partial charge in [0.15, 0.2) is 0 Å².